The standard InChI is InChI=1S/C19H8F5/c20-15-14(16(21)18(23)19(24)17(15)22)12-7-3-6-11-10-5-2-1-4-9(10)8-13(11)12/h1-2,4-7H,8H2. The number of benzene rings is 3. The summed E-state index contributed by atoms with van der Waals surface area (Å²) >= 11 is 0. The summed E-state index contributed by atoms with van der Waals surface area (Å²) in [6.07, 6.45) is 0.356. The summed E-state index contributed by atoms with van der Waals surface area (Å²) in [5, 5.41) is 0. The van der Waals surface area contributed by atoms with E-state index in [4.69, 9.17) is 0 Å². The molecule has 0 saturated heterocycles. The molecule has 3 aromatic rings. The quantitative estimate of drug-likeness (QED) is 0.248. The van der Waals surface area contributed by atoms with Crippen LogP contribution in [0.4, 0.5) is 22.0 Å². The average Bonchev–Trinajstić information content (AvgIpc) is 2.98. The van der Waals surface area contributed by atoms with Crippen molar-refractivity contribution in [3.05, 3.63) is 82.7 Å². The molecule has 0 nitrogen and oxygen atoms in total. The molecule has 0 amide bonds. The largest absolute Gasteiger partial charge is 0.203 e. The van der Waals surface area contributed by atoms with Crippen LogP contribution in [0.15, 0.2) is 36.4 Å². The SMILES string of the molecule is Fc1c(F)c(F)c(-c2c[c]cc3c2Cc2ccccc2-3)c(F)c1F. The molecule has 24 heavy (non-hydrogen) atoms. The Bertz CT molecular complexity index is 962. The Hall–Kier alpha value is -2.69. The average molecular weight is 331 g/mol. The Balaban J connectivity index is 2.02. The first-order valence-electron chi connectivity index (χ1n) is 7.13. The van der Waals surface area contributed by atoms with Gasteiger partial charge in [0.15, 0.2) is 23.3 Å². The highest BCUT2D eigenvalue weighted by molar-refractivity contribution is 5.84. The predicted molar refractivity (Wildman–Crippen MR) is 78.7 cm³/mol. The minimum absolute atomic E-state index is 0.0310. The van der Waals surface area contributed by atoms with Gasteiger partial charge in [-0.3, -0.25) is 0 Å². The summed E-state index contributed by atoms with van der Waals surface area (Å²) in [6, 6.07) is 13.0. The number of rotatable bonds is 1. The molecule has 0 aliphatic heterocycles. The fourth-order valence-electron chi connectivity index (χ4n) is 3.15. The lowest BCUT2D eigenvalue weighted by molar-refractivity contribution is 0.381. The molecule has 0 saturated carbocycles. The fourth-order valence-corrected chi connectivity index (χ4v) is 3.15. The van der Waals surface area contributed by atoms with Gasteiger partial charge in [-0.15, -0.1) is 0 Å². The molecule has 4 rings (SSSR count). The van der Waals surface area contributed by atoms with E-state index in [2.05, 4.69) is 6.07 Å². The van der Waals surface area contributed by atoms with E-state index in [1.165, 1.54) is 6.07 Å². The molecular weight excluding hydrogens is 323 g/mol. The Morgan fingerprint density at radius 1 is 0.667 bits per heavy atom. The first-order valence-corrected chi connectivity index (χ1v) is 7.13. The van der Waals surface area contributed by atoms with Crippen LogP contribution in [0.1, 0.15) is 11.1 Å². The van der Waals surface area contributed by atoms with Crippen LogP contribution in [0.25, 0.3) is 22.3 Å². The molecule has 119 valence electrons. The van der Waals surface area contributed by atoms with Crippen molar-refractivity contribution in [2.75, 3.05) is 0 Å². The molecule has 1 aliphatic carbocycles. The summed E-state index contributed by atoms with van der Waals surface area (Å²) in [7, 11) is 0. The first kappa shape index (κ1) is 14.9. The first-order chi connectivity index (χ1) is 11.5. The molecule has 1 radical (unpaired) electrons. The Morgan fingerprint density at radius 3 is 1.96 bits per heavy atom. The highest BCUT2D eigenvalue weighted by atomic mass is 19.2. The van der Waals surface area contributed by atoms with Crippen LogP contribution >= 0.6 is 0 Å². The smallest absolute Gasteiger partial charge is 0.200 e. The fraction of sp³-hybridized carbons (Fsp3) is 0.0526. The molecular formula is C19H8F5. The van der Waals surface area contributed by atoms with Gasteiger partial charge in [-0.25, -0.2) is 22.0 Å². The van der Waals surface area contributed by atoms with E-state index in [0.29, 0.717) is 17.5 Å². The Kier molecular flexibility index (Phi) is 3.20. The molecule has 5 heteroatoms. The lowest BCUT2D eigenvalue weighted by Gasteiger charge is -2.12. The third-order valence-electron chi connectivity index (χ3n) is 4.26. The van der Waals surface area contributed by atoms with E-state index in [9.17, 15) is 22.0 Å². The normalized spacial score (nSPS) is 12.2. The van der Waals surface area contributed by atoms with E-state index in [1.54, 1.807) is 6.07 Å². The molecule has 0 aromatic heterocycles. The second-order valence-electron chi connectivity index (χ2n) is 5.54. The van der Waals surface area contributed by atoms with E-state index in [-0.39, 0.29) is 5.56 Å². The lowest BCUT2D eigenvalue weighted by Crippen LogP contribution is -2.05. The second-order valence-corrected chi connectivity index (χ2v) is 5.54. The summed E-state index contributed by atoms with van der Waals surface area (Å²) in [5.41, 5.74) is 2.07. The molecule has 1 aliphatic rings. The third-order valence-corrected chi connectivity index (χ3v) is 4.26. The van der Waals surface area contributed by atoms with Gasteiger partial charge in [-0.05, 0) is 52.4 Å². The summed E-state index contributed by atoms with van der Waals surface area (Å²) in [5.74, 6) is -9.71. The maximum atomic E-state index is 14.2. The molecule has 0 N–H and O–H groups in total. The van der Waals surface area contributed by atoms with E-state index in [0.717, 1.165) is 11.1 Å². The predicted octanol–water partition coefficient (Wildman–Crippen LogP) is 5.42. The molecule has 0 unspecified atom stereocenters. The minimum Gasteiger partial charge on any atom is -0.203 e. The van der Waals surface area contributed by atoms with Gasteiger partial charge in [0.1, 0.15) is 0 Å². The van der Waals surface area contributed by atoms with Gasteiger partial charge in [0, 0.05) is 0 Å². The van der Waals surface area contributed by atoms with Crippen LogP contribution in [-0.4, -0.2) is 0 Å². The van der Waals surface area contributed by atoms with Gasteiger partial charge < -0.3 is 0 Å². The molecule has 0 fully saturated rings. The maximum Gasteiger partial charge on any atom is 0.200 e. The lowest BCUT2D eigenvalue weighted by atomic mass is 9.94. The third kappa shape index (κ3) is 1.90. The summed E-state index contributed by atoms with van der Waals surface area (Å²) in [4.78, 5) is 0. The van der Waals surface area contributed by atoms with E-state index >= 15 is 0 Å². The number of hydrogen-bond donors (Lipinski definition) is 0. The van der Waals surface area contributed by atoms with Crippen LogP contribution in [0.3, 0.4) is 0 Å². The Labute approximate surface area is 134 Å². The van der Waals surface area contributed by atoms with Crippen molar-refractivity contribution in [2.45, 2.75) is 6.42 Å². The van der Waals surface area contributed by atoms with Crippen molar-refractivity contribution in [1.82, 2.24) is 0 Å². The zero-order valence-electron chi connectivity index (χ0n) is 12.1. The topological polar surface area (TPSA) is 0 Å². The van der Waals surface area contributed by atoms with Crippen molar-refractivity contribution in [3.8, 4) is 22.3 Å². The zero-order chi connectivity index (χ0) is 17.0. The van der Waals surface area contributed by atoms with Crippen LogP contribution in [0.2, 0.25) is 0 Å². The molecule has 0 spiro atoms. The van der Waals surface area contributed by atoms with Crippen LogP contribution in [0.5, 0.6) is 0 Å². The van der Waals surface area contributed by atoms with Gasteiger partial charge in [-0.2, -0.15) is 0 Å². The van der Waals surface area contributed by atoms with E-state index < -0.39 is 34.6 Å². The van der Waals surface area contributed by atoms with Gasteiger partial charge in [0.25, 0.3) is 0 Å². The minimum atomic E-state index is -2.16. The van der Waals surface area contributed by atoms with Gasteiger partial charge in [-0.1, -0.05) is 24.3 Å². The monoisotopic (exact) mass is 331 g/mol. The molecule has 0 bridgehead atoms. The van der Waals surface area contributed by atoms with E-state index in [1.807, 2.05) is 24.3 Å². The van der Waals surface area contributed by atoms with Crippen LogP contribution in [-0.2, 0) is 6.42 Å². The van der Waals surface area contributed by atoms with Crippen molar-refractivity contribution in [1.29, 1.82) is 0 Å². The number of fused-ring (bicyclic) bond motifs is 3. The maximum absolute atomic E-state index is 14.2. The number of hydrogen-bond acceptors (Lipinski definition) is 0. The Morgan fingerprint density at radius 2 is 1.25 bits per heavy atom. The number of halogens is 5. The molecule has 0 atom stereocenters. The van der Waals surface area contributed by atoms with Gasteiger partial charge in [0.05, 0.1) is 5.56 Å². The van der Waals surface area contributed by atoms with Crippen molar-refractivity contribution >= 4 is 0 Å². The van der Waals surface area contributed by atoms with Gasteiger partial charge in [0.2, 0.25) is 5.82 Å². The van der Waals surface area contributed by atoms with Crippen molar-refractivity contribution in [2.24, 2.45) is 0 Å². The van der Waals surface area contributed by atoms with Crippen molar-refractivity contribution in [3.63, 3.8) is 0 Å². The highest BCUT2D eigenvalue weighted by Gasteiger charge is 2.30. The summed E-state index contributed by atoms with van der Waals surface area (Å²) < 4.78 is 68.6. The highest BCUT2D eigenvalue weighted by Crippen LogP contribution is 2.43. The summed E-state index contributed by atoms with van der Waals surface area (Å²) in [6.45, 7) is 0. The van der Waals surface area contributed by atoms with Gasteiger partial charge >= 0.3 is 0 Å². The molecule has 0 heterocycles. The zero-order valence-corrected chi connectivity index (χ0v) is 12.1. The van der Waals surface area contributed by atoms with Crippen molar-refractivity contribution < 1.29 is 22.0 Å². The second kappa shape index (κ2) is 5.16. The van der Waals surface area contributed by atoms with Crippen LogP contribution < -0.4 is 0 Å². The van der Waals surface area contributed by atoms with Crippen LogP contribution in [0, 0.1) is 35.2 Å². The molecule has 3 aromatic carbocycles.